The lowest BCUT2D eigenvalue weighted by molar-refractivity contribution is 0.0605. The van der Waals surface area contributed by atoms with Crippen LogP contribution >= 0.6 is 0 Å². The van der Waals surface area contributed by atoms with Crippen molar-refractivity contribution in [3.05, 3.63) is 35.4 Å². The molecule has 0 aliphatic carbocycles. The molecule has 106 valence electrons. The first-order chi connectivity index (χ1) is 9.20. The fourth-order valence-electron chi connectivity index (χ4n) is 2.73. The zero-order valence-electron chi connectivity index (χ0n) is 12.1. The zero-order valence-corrected chi connectivity index (χ0v) is 12.1. The van der Waals surface area contributed by atoms with Crippen molar-refractivity contribution in [2.24, 2.45) is 11.8 Å². The summed E-state index contributed by atoms with van der Waals surface area (Å²) < 4.78 is 5.41. The second-order valence-electron chi connectivity index (χ2n) is 5.83. The molecule has 0 spiro atoms. The highest BCUT2D eigenvalue weighted by Gasteiger charge is 2.19. The summed E-state index contributed by atoms with van der Waals surface area (Å²) in [5.74, 6) is 7.04. The van der Waals surface area contributed by atoms with Gasteiger partial charge in [0.15, 0.2) is 0 Å². The van der Waals surface area contributed by atoms with Gasteiger partial charge >= 0.3 is 0 Å². The average molecular weight is 262 g/mol. The largest absolute Gasteiger partial charge is 0.381 e. The fraction of sp³-hybridized carbons (Fsp3) is 0.625. The van der Waals surface area contributed by atoms with E-state index in [-0.39, 0.29) is 6.04 Å². The maximum absolute atomic E-state index is 5.74. The highest BCUT2D eigenvalue weighted by atomic mass is 16.5. The van der Waals surface area contributed by atoms with Crippen molar-refractivity contribution in [3.63, 3.8) is 0 Å². The number of ether oxygens (including phenoxy) is 1. The van der Waals surface area contributed by atoms with Crippen molar-refractivity contribution in [2.45, 2.75) is 45.1 Å². The van der Waals surface area contributed by atoms with Crippen LogP contribution in [0.1, 0.15) is 56.2 Å². The molecule has 1 aliphatic rings. The number of nitrogens with two attached hydrogens (primary N) is 1. The van der Waals surface area contributed by atoms with Crippen LogP contribution in [0.3, 0.4) is 0 Å². The van der Waals surface area contributed by atoms with Gasteiger partial charge in [0, 0.05) is 19.3 Å². The molecule has 1 aromatic rings. The number of rotatable bonds is 5. The van der Waals surface area contributed by atoms with E-state index in [1.54, 1.807) is 0 Å². The molecule has 1 saturated heterocycles. The zero-order chi connectivity index (χ0) is 13.7. The fourth-order valence-corrected chi connectivity index (χ4v) is 2.73. The molecule has 1 fully saturated rings. The highest BCUT2D eigenvalue weighted by molar-refractivity contribution is 5.26. The monoisotopic (exact) mass is 262 g/mol. The Kier molecular flexibility index (Phi) is 5.37. The summed E-state index contributed by atoms with van der Waals surface area (Å²) >= 11 is 0. The maximum Gasteiger partial charge on any atom is 0.0468 e. The molecule has 3 nitrogen and oxygen atoms in total. The van der Waals surface area contributed by atoms with E-state index >= 15 is 0 Å². The summed E-state index contributed by atoms with van der Waals surface area (Å²) in [7, 11) is 0. The van der Waals surface area contributed by atoms with Crippen LogP contribution in [0, 0.1) is 5.92 Å². The Morgan fingerprint density at radius 2 is 1.74 bits per heavy atom. The third-order valence-corrected chi connectivity index (χ3v) is 4.12. The molecule has 1 heterocycles. The lowest BCUT2D eigenvalue weighted by Crippen LogP contribution is -2.31. The summed E-state index contributed by atoms with van der Waals surface area (Å²) in [6, 6.07) is 9.10. The predicted molar refractivity (Wildman–Crippen MR) is 78.8 cm³/mol. The molecule has 1 unspecified atom stereocenters. The van der Waals surface area contributed by atoms with E-state index in [4.69, 9.17) is 10.6 Å². The first kappa shape index (κ1) is 14.5. The van der Waals surface area contributed by atoms with Gasteiger partial charge in [-0.3, -0.25) is 11.3 Å². The average Bonchev–Trinajstić information content (AvgIpc) is 2.46. The van der Waals surface area contributed by atoms with Crippen molar-refractivity contribution in [1.29, 1.82) is 0 Å². The highest BCUT2D eigenvalue weighted by Crippen LogP contribution is 2.28. The van der Waals surface area contributed by atoms with Crippen LogP contribution in [0.2, 0.25) is 0 Å². The quantitative estimate of drug-likeness (QED) is 0.633. The van der Waals surface area contributed by atoms with Crippen molar-refractivity contribution in [1.82, 2.24) is 5.43 Å². The van der Waals surface area contributed by atoms with Crippen molar-refractivity contribution < 1.29 is 4.74 Å². The summed E-state index contributed by atoms with van der Waals surface area (Å²) in [5.41, 5.74) is 5.64. The lowest BCUT2D eigenvalue weighted by Gasteiger charge is -2.26. The molecule has 19 heavy (non-hydrogen) atoms. The third-order valence-electron chi connectivity index (χ3n) is 4.12. The first-order valence-electron chi connectivity index (χ1n) is 7.34. The third kappa shape index (κ3) is 4.03. The standard InChI is InChI=1S/C16H26N2O/c1-12(2)14-3-5-15(6-4-14)16(18-17)11-13-7-9-19-10-8-13/h3-6,12-13,16,18H,7-11,17H2,1-2H3. The predicted octanol–water partition coefficient (Wildman–Crippen LogP) is 3.13. The Bertz CT molecular complexity index is 369. The molecule has 0 saturated carbocycles. The second kappa shape index (κ2) is 7.04. The number of hydrazine groups is 1. The van der Waals surface area contributed by atoms with Gasteiger partial charge in [-0.15, -0.1) is 0 Å². The maximum atomic E-state index is 5.74. The molecule has 1 aromatic carbocycles. The Morgan fingerprint density at radius 1 is 1.16 bits per heavy atom. The van der Waals surface area contributed by atoms with Crippen molar-refractivity contribution >= 4 is 0 Å². The molecule has 0 aromatic heterocycles. The molecule has 1 aliphatic heterocycles. The number of hydrogen-bond acceptors (Lipinski definition) is 3. The van der Waals surface area contributed by atoms with Gasteiger partial charge in [0.1, 0.15) is 0 Å². The van der Waals surface area contributed by atoms with Gasteiger partial charge in [-0.1, -0.05) is 38.1 Å². The molecule has 0 radical (unpaired) electrons. The topological polar surface area (TPSA) is 47.3 Å². The molecular weight excluding hydrogens is 236 g/mol. The van der Waals surface area contributed by atoms with Gasteiger partial charge in [-0.05, 0) is 42.2 Å². The normalized spacial score (nSPS) is 18.7. The van der Waals surface area contributed by atoms with Crippen molar-refractivity contribution in [3.8, 4) is 0 Å². The van der Waals surface area contributed by atoms with Gasteiger partial charge < -0.3 is 4.74 Å². The van der Waals surface area contributed by atoms with Crippen LogP contribution in [0.25, 0.3) is 0 Å². The van der Waals surface area contributed by atoms with Gasteiger partial charge in [0.25, 0.3) is 0 Å². The summed E-state index contributed by atoms with van der Waals surface area (Å²) in [4.78, 5) is 0. The van der Waals surface area contributed by atoms with Gasteiger partial charge in [0.05, 0.1) is 0 Å². The summed E-state index contributed by atoms with van der Waals surface area (Å²) in [6.07, 6.45) is 3.41. The Labute approximate surface area is 116 Å². The number of nitrogens with one attached hydrogen (secondary N) is 1. The van der Waals surface area contributed by atoms with Gasteiger partial charge in [-0.2, -0.15) is 0 Å². The molecule has 0 amide bonds. The minimum atomic E-state index is 0.254. The SMILES string of the molecule is CC(C)c1ccc(C(CC2CCOCC2)NN)cc1. The van der Waals surface area contributed by atoms with Crippen LogP contribution < -0.4 is 11.3 Å². The minimum Gasteiger partial charge on any atom is -0.381 e. The smallest absolute Gasteiger partial charge is 0.0468 e. The molecule has 2 rings (SSSR count). The van der Waals surface area contributed by atoms with Crippen LogP contribution in [-0.2, 0) is 4.74 Å². The van der Waals surface area contributed by atoms with E-state index in [2.05, 4.69) is 43.5 Å². The first-order valence-corrected chi connectivity index (χ1v) is 7.34. The van der Waals surface area contributed by atoms with Gasteiger partial charge in [-0.25, -0.2) is 0 Å². The number of hydrogen-bond donors (Lipinski definition) is 2. The van der Waals surface area contributed by atoms with Crippen molar-refractivity contribution in [2.75, 3.05) is 13.2 Å². The van der Waals surface area contributed by atoms with Crippen LogP contribution in [0.5, 0.6) is 0 Å². The van der Waals surface area contributed by atoms with Crippen LogP contribution in [0.15, 0.2) is 24.3 Å². The summed E-state index contributed by atoms with van der Waals surface area (Å²) in [5, 5.41) is 0. The van der Waals surface area contributed by atoms with E-state index in [9.17, 15) is 0 Å². The Hall–Kier alpha value is -0.900. The van der Waals surface area contributed by atoms with E-state index in [1.165, 1.54) is 11.1 Å². The van der Waals surface area contributed by atoms with Crippen LogP contribution in [-0.4, -0.2) is 13.2 Å². The Balaban J connectivity index is 1.99. The van der Waals surface area contributed by atoms with E-state index < -0.39 is 0 Å². The van der Waals surface area contributed by atoms with E-state index in [0.29, 0.717) is 5.92 Å². The molecule has 3 N–H and O–H groups in total. The van der Waals surface area contributed by atoms with E-state index in [1.807, 2.05) is 0 Å². The minimum absolute atomic E-state index is 0.254. The summed E-state index contributed by atoms with van der Waals surface area (Å²) in [6.45, 7) is 6.23. The molecule has 3 heteroatoms. The Morgan fingerprint density at radius 3 is 2.26 bits per heavy atom. The molecule has 1 atom stereocenters. The molecular formula is C16H26N2O. The lowest BCUT2D eigenvalue weighted by atomic mass is 9.89. The number of benzene rings is 1. The van der Waals surface area contributed by atoms with Crippen LogP contribution in [0.4, 0.5) is 0 Å². The van der Waals surface area contributed by atoms with Gasteiger partial charge in [0.2, 0.25) is 0 Å². The molecule has 0 bridgehead atoms. The second-order valence-corrected chi connectivity index (χ2v) is 5.83. The van der Waals surface area contributed by atoms with E-state index in [0.717, 1.165) is 38.4 Å².